The van der Waals surface area contributed by atoms with Crippen molar-refractivity contribution in [2.75, 3.05) is 31.1 Å². The van der Waals surface area contributed by atoms with E-state index in [0.29, 0.717) is 43.3 Å². The molecule has 35 heavy (non-hydrogen) atoms. The van der Waals surface area contributed by atoms with Crippen molar-refractivity contribution in [3.63, 3.8) is 0 Å². The van der Waals surface area contributed by atoms with Gasteiger partial charge in [0.2, 0.25) is 0 Å². The number of fused-ring (bicyclic) bond motifs is 1. The zero-order valence-electron chi connectivity index (χ0n) is 20.1. The molecule has 2 aliphatic heterocycles. The van der Waals surface area contributed by atoms with E-state index in [4.69, 9.17) is 9.98 Å². The molecule has 0 aliphatic carbocycles. The fourth-order valence-electron chi connectivity index (χ4n) is 4.50. The number of pyridine rings is 1. The molecule has 0 spiro atoms. The molecule has 0 radical (unpaired) electrons. The Morgan fingerprint density at radius 1 is 1.06 bits per heavy atom. The minimum absolute atomic E-state index is 0.0147. The van der Waals surface area contributed by atoms with Gasteiger partial charge >= 0.3 is 0 Å². The van der Waals surface area contributed by atoms with Crippen LogP contribution in [-0.2, 0) is 4.79 Å². The summed E-state index contributed by atoms with van der Waals surface area (Å²) in [6.45, 7) is 8.01. The maximum atomic E-state index is 13.7. The van der Waals surface area contributed by atoms with Gasteiger partial charge < -0.3 is 15.1 Å². The highest BCUT2D eigenvalue weighted by molar-refractivity contribution is 6.19. The van der Waals surface area contributed by atoms with E-state index in [0.717, 1.165) is 16.6 Å². The van der Waals surface area contributed by atoms with Crippen LogP contribution in [0, 0.1) is 11.7 Å². The van der Waals surface area contributed by atoms with Crippen molar-refractivity contribution < 1.29 is 14.0 Å². The third-order valence-corrected chi connectivity index (χ3v) is 7.10. The molecule has 3 aromatic rings. The summed E-state index contributed by atoms with van der Waals surface area (Å²) in [6.07, 6.45) is 0. The molecule has 1 saturated heterocycles. The first-order valence-corrected chi connectivity index (χ1v) is 11.9. The molecule has 1 aromatic heterocycles. The largest absolute Gasteiger partial charge is 0.368 e. The molecule has 1 atom stereocenters. The number of hydrogen-bond donors (Lipinski definition) is 1. The lowest BCUT2D eigenvalue weighted by molar-refractivity contribution is -0.124. The fourth-order valence-corrected chi connectivity index (χ4v) is 4.50. The lowest BCUT2D eigenvalue weighted by atomic mass is 9.89. The van der Waals surface area contributed by atoms with Crippen LogP contribution in [0.2, 0.25) is 0 Å². The molecule has 7 nitrogen and oxygen atoms in total. The molecule has 1 N–H and O–H groups in total. The monoisotopic (exact) mass is 473 g/mol. The van der Waals surface area contributed by atoms with Gasteiger partial charge in [-0.25, -0.2) is 14.4 Å². The Kier molecular flexibility index (Phi) is 5.75. The Morgan fingerprint density at radius 3 is 2.40 bits per heavy atom. The van der Waals surface area contributed by atoms with E-state index in [-0.39, 0.29) is 23.5 Å². The van der Waals surface area contributed by atoms with Gasteiger partial charge in [-0.3, -0.25) is 9.59 Å². The summed E-state index contributed by atoms with van der Waals surface area (Å²) in [4.78, 5) is 39.9. The number of aliphatic imine (C=N–C) groups is 1. The highest BCUT2D eigenvalue weighted by Gasteiger charge is 2.43. The molecule has 0 bridgehead atoms. The zero-order chi connectivity index (χ0) is 24.7. The number of nitrogens with zero attached hydrogens (tertiary/aromatic N) is 4. The number of aromatic nitrogens is 1. The van der Waals surface area contributed by atoms with E-state index < -0.39 is 5.54 Å². The molecule has 3 heterocycles. The normalized spacial score (nSPS) is 20.4. The van der Waals surface area contributed by atoms with E-state index in [1.165, 1.54) is 12.1 Å². The third kappa shape index (κ3) is 4.13. The summed E-state index contributed by atoms with van der Waals surface area (Å²) < 4.78 is 13.3. The van der Waals surface area contributed by atoms with Crippen LogP contribution in [0.15, 0.2) is 59.6 Å². The number of halogens is 1. The molecular formula is C27H28FN5O2. The zero-order valence-corrected chi connectivity index (χ0v) is 20.1. The summed E-state index contributed by atoms with van der Waals surface area (Å²) >= 11 is 0. The summed E-state index contributed by atoms with van der Waals surface area (Å²) in [6, 6.07) is 15.8. The van der Waals surface area contributed by atoms with Crippen LogP contribution in [-0.4, -0.2) is 59.3 Å². The minimum atomic E-state index is -0.913. The van der Waals surface area contributed by atoms with Crippen LogP contribution in [0.4, 0.5) is 10.1 Å². The molecule has 1 fully saturated rings. The molecule has 2 aliphatic rings. The Labute approximate surface area is 203 Å². The van der Waals surface area contributed by atoms with Crippen molar-refractivity contribution in [1.82, 2.24) is 15.2 Å². The molecule has 180 valence electrons. The maximum Gasteiger partial charge on any atom is 0.256 e. The Morgan fingerprint density at radius 2 is 1.74 bits per heavy atom. The molecule has 0 saturated carbocycles. The van der Waals surface area contributed by atoms with Gasteiger partial charge in [-0.05, 0) is 49.2 Å². The smallest absolute Gasteiger partial charge is 0.256 e. The lowest BCUT2D eigenvalue weighted by Gasteiger charge is -2.36. The first-order valence-electron chi connectivity index (χ1n) is 11.9. The second kappa shape index (κ2) is 8.76. The number of carbonyl (C=O) groups is 2. The van der Waals surface area contributed by atoms with Crippen LogP contribution < -0.4 is 10.2 Å². The summed E-state index contributed by atoms with van der Waals surface area (Å²) in [7, 11) is 0. The predicted octanol–water partition coefficient (Wildman–Crippen LogP) is 3.63. The van der Waals surface area contributed by atoms with E-state index in [2.05, 4.69) is 10.2 Å². The van der Waals surface area contributed by atoms with Crippen LogP contribution in [0.3, 0.4) is 0 Å². The van der Waals surface area contributed by atoms with Crippen LogP contribution in [0.5, 0.6) is 0 Å². The molecule has 1 unspecified atom stereocenters. The van der Waals surface area contributed by atoms with Crippen molar-refractivity contribution in [3.8, 4) is 0 Å². The van der Waals surface area contributed by atoms with Crippen molar-refractivity contribution in [2.45, 2.75) is 26.3 Å². The van der Waals surface area contributed by atoms with Crippen molar-refractivity contribution in [1.29, 1.82) is 0 Å². The number of rotatable bonds is 4. The van der Waals surface area contributed by atoms with Crippen molar-refractivity contribution in [3.05, 3.63) is 71.7 Å². The minimum Gasteiger partial charge on any atom is -0.368 e. The highest BCUT2D eigenvalue weighted by Crippen LogP contribution is 2.29. The van der Waals surface area contributed by atoms with E-state index in [1.807, 2.05) is 44.2 Å². The van der Waals surface area contributed by atoms with Gasteiger partial charge in [0, 0.05) is 37.3 Å². The molecule has 8 heteroatoms. The third-order valence-electron chi connectivity index (χ3n) is 7.10. The van der Waals surface area contributed by atoms with E-state index >= 15 is 0 Å². The number of amides is 2. The number of nitrogens with one attached hydrogen (secondary N) is 1. The average Bonchev–Trinajstić information content (AvgIpc) is 3.18. The van der Waals surface area contributed by atoms with E-state index in [1.54, 1.807) is 24.0 Å². The van der Waals surface area contributed by atoms with E-state index in [9.17, 15) is 14.0 Å². The maximum absolute atomic E-state index is 13.7. The van der Waals surface area contributed by atoms with Gasteiger partial charge in [-0.15, -0.1) is 0 Å². The van der Waals surface area contributed by atoms with Gasteiger partial charge in [0.25, 0.3) is 11.8 Å². The Hall–Kier alpha value is -3.81. The quantitative estimate of drug-likeness (QED) is 0.628. The van der Waals surface area contributed by atoms with Crippen molar-refractivity contribution in [2.24, 2.45) is 10.9 Å². The van der Waals surface area contributed by atoms with Crippen molar-refractivity contribution >= 4 is 34.2 Å². The first-order chi connectivity index (χ1) is 16.8. The first kappa shape index (κ1) is 23.0. The number of anilines is 1. The predicted molar refractivity (Wildman–Crippen MR) is 134 cm³/mol. The molecular weight excluding hydrogens is 445 g/mol. The topological polar surface area (TPSA) is 77.9 Å². The van der Waals surface area contributed by atoms with Gasteiger partial charge in [-0.1, -0.05) is 32.0 Å². The fraction of sp³-hybridized carbons (Fsp3) is 0.333. The molecule has 2 aromatic carbocycles. The number of benzene rings is 2. The van der Waals surface area contributed by atoms with Crippen LogP contribution in [0.25, 0.3) is 10.9 Å². The molecule has 5 rings (SSSR count). The second-order valence-corrected chi connectivity index (χ2v) is 9.55. The van der Waals surface area contributed by atoms with Gasteiger partial charge in [0.1, 0.15) is 17.1 Å². The highest BCUT2D eigenvalue weighted by atomic mass is 19.1. The van der Waals surface area contributed by atoms with Crippen LogP contribution in [0.1, 0.15) is 36.8 Å². The number of amidine groups is 1. The summed E-state index contributed by atoms with van der Waals surface area (Å²) in [5.41, 5.74) is 1.57. The average molecular weight is 474 g/mol. The lowest BCUT2D eigenvalue weighted by Crippen LogP contribution is -2.49. The van der Waals surface area contributed by atoms with Gasteiger partial charge in [0.05, 0.1) is 11.1 Å². The number of carbonyl (C=O) groups excluding carboxylic acids is 2. The second-order valence-electron chi connectivity index (χ2n) is 9.55. The number of piperazine rings is 1. The summed E-state index contributed by atoms with van der Waals surface area (Å²) in [5.74, 6) is -0.283. The number of hydrogen-bond acceptors (Lipinski definition) is 5. The number of para-hydroxylation sites is 1. The Balaban J connectivity index is 1.46. The summed E-state index contributed by atoms with van der Waals surface area (Å²) in [5, 5.41) is 3.73. The SMILES string of the molecule is CC(C)C1(C)N=C(c2nc3ccccc3cc2C(=O)N2CCN(c3ccc(F)cc3)CC2)NC1=O. The Bertz CT molecular complexity index is 1330. The standard InChI is InChI=1S/C27H28FN5O2/c1-17(2)27(3)26(35)30-24(31-27)23-21(16-18-6-4-5-7-22(18)29-23)25(34)33-14-12-32(13-15-33)20-10-8-19(28)9-11-20/h4-11,16-17H,12-15H2,1-3H3,(H,30,31,35). The molecule has 2 amide bonds. The van der Waals surface area contributed by atoms with Gasteiger partial charge in [-0.2, -0.15) is 0 Å². The van der Waals surface area contributed by atoms with Gasteiger partial charge in [0.15, 0.2) is 5.84 Å². The van der Waals surface area contributed by atoms with Crippen LogP contribution >= 0.6 is 0 Å².